The molecule has 0 fully saturated rings. The summed E-state index contributed by atoms with van der Waals surface area (Å²) in [6.45, 7) is 1.88. The molecule has 0 N–H and O–H groups in total. The average molecular weight is 370 g/mol. The minimum atomic E-state index is 0.557. The van der Waals surface area contributed by atoms with Crippen LogP contribution < -0.4 is 0 Å². The quantitative estimate of drug-likeness (QED) is 0.457. The third kappa shape index (κ3) is 2.95. The Labute approximate surface area is 154 Å². The summed E-state index contributed by atoms with van der Waals surface area (Å²) in [6.07, 6.45) is 3.62. The summed E-state index contributed by atoms with van der Waals surface area (Å²) >= 11 is 12.3. The van der Waals surface area contributed by atoms with Gasteiger partial charge in [0.15, 0.2) is 0 Å². The largest absolute Gasteiger partial charge is 0.360 e. The zero-order valence-electron chi connectivity index (χ0n) is 13.3. The molecule has 6 heteroatoms. The van der Waals surface area contributed by atoms with Crippen LogP contribution in [-0.2, 0) is 0 Å². The molecule has 4 nitrogen and oxygen atoms in total. The van der Waals surface area contributed by atoms with E-state index in [0.29, 0.717) is 15.8 Å². The van der Waals surface area contributed by atoms with E-state index in [-0.39, 0.29) is 0 Å². The van der Waals surface area contributed by atoms with Crippen LogP contribution in [0.5, 0.6) is 0 Å². The van der Waals surface area contributed by atoms with Crippen molar-refractivity contribution < 1.29 is 4.52 Å². The molecule has 0 saturated carbocycles. The van der Waals surface area contributed by atoms with Crippen LogP contribution in [-0.4, -0.2) is 14.7 Å². The highest BCUT2D eigenvalue weighted by Crippen LogP contribution is 2.34. The van der Waals surface area contributed by atoms with Crippen LogP contribution in [0.1, 0.15) is 5.76 Å². The number of halogens is 2. The molecule has 2 aromatic carbocycles. The molecule has 0 saturated heterocycles. The lowest BCUT2D eigenvalue weighted by Crippen LogP contribution is -1.90. The van der Waals surface area contributed by atoms with Gasteiger partial charge in [-0.15, -0.1) is 0 Å². The maximum Gasteiger partial charge on any atom is 0.143 e. The van der Waals surface area contributed by atoms with E-state index < -0.39 is 0 Å². The molecule has 4 aromatic rings. The molecule has 0 aliphatic rings. The van der Waals surface area contributed by atoms with E-state index in [0.717, 1.165) is 28.2 Å². The lowest BCUT2D eigenvalue weighted by atomic mass is 10.0. The number of nitrogens with zero attached hydrogens (tertiary/aromatic N) is 3. The molecule has 2 aromatic heterocycles. The third-order valence-corrected chi connectivity index (χ3v) is 4.47. The molecular formula is C19H13Cl2N3O. The molecule has 2 heterocycles. The summed E-state index contributed by atoms with van der Waals surface area (Å²) in [5.41, 5.74) is 4.19. The molecule has 0 unspecified atom stereocenters. The van der Waals surface area contributed by atoms with Crippen LogP contribution >= 0.6 is 23.2 Å². The van der Waals surface area contributed by atoms with Gasteiger partial charge in [0.05, 0.1) is 28.3 Å². The Bertz CT molecular complexity index is 1040. The minimum Gasteiger partial charge on any atom is -0.360 e. The summed E-state index contributed by atoms with van der Waals surface area (Å²) in [5.74, 6) is 0.714. The van der Waals surface area contributed by atoms with Gasteiger partial charge in [-0.25, -0.2) is 4.98 Å². The summed E-state index contributed by atoms with van der Waals surface area (Å²) in [6, 6.07) is 15.2. The van der Waals surface area contributed by atoms with Gasteiger partial charge in [0.2, 0.25) is 0 Å². The zero-order chi connectivity index (χ0) is 17.4. The third-order valence-electron chi connectivity index (χ3n) is 3.94. The van der Waals surface area contributed by atoms with Crippen molar-refractivity contribution in [2.45, 2.75) is 6.92 Å². The highest BCUT2D eigenvalue weighted by atomic mass is 35.5. The van der Waals surface area contributed by atoms with Gasteiger partial charge in [0, 0.05) is 16.8 Å². The van der Waals surface area contributed by atoms with Crippen LogP contribution in [0.4, 0.5) is 0 Å². The van der Waals surface area contributed by atoms with Crippen molar-refractivity contribution in [3.05, 3.63) is 76.9 Å². The molecule has 0 amide bonds. The predicted octanol–water partition coefficient (Wildman–Crippen LogP) is 5.81. The van der Waals surface area contributed by atoms with Gasteiger partial charge in [-0.05, 0) is 25.1 Å². The molecule has 0 aliphatic carbocycles. The van der Waals surface area contributed by atoms with E-state index in [1.807, 2.05) is 54.1 Å². The average Bonchev–Trinajstić information content (AvgIpc) is 3.22. The fourth-order valence-corrected chi connectivity index (χ4v) is 3.25. The molecule has 124 valence electrons. The normalized spacial score (nSPS) is 11.0. The zero-order valence-corrected chi connectivity index (χ0v) is 14.8. The van der Waals surface area contributed by atoms with Crippen molar-refractivity contribution in [3.8, 4) is 28.2 Å². The second-order valence-corrected chi connectivity index (χ2v) is 6.43. The van der Waals surface area contributed by atoms with Crippen molar-refractivity contribution in [2.75, 3.05) is 0 Å². The van der Waals surface area contributed by atoms with Crippen LogP contribution in [0.3, 0.4) is 0 Å². The first kappa shape index (κ1) is 15.9. The lowest BCUT2D eigenvalue weighted by molar-refractivity contribution is 0.400. The summed E-state index contributed by atoms with van der Waals surface area (Å²) in [7, 11) is 0. The predicted molar refractivity (Wildman–Crippen MR) is 99.3 cm³/mol. The summed E-state index contributed by atoms with van der Waals surface area (Å²) in [4.78, 5) is 4.52. The standard InChI is InChI=1S/C19H13Cl2N3O/c1-12-18(19(23-25-12)13-5-3-2-4-6-13)16-10-24(11-22-16)17-8-7-14(20)9-15(17)21/h2-11H,1H3. The second-order valence-electron chi connectivity index (χ2n) is 5.59. The Morgan fingerprint density at radius 1 is 1.04 bits per heavy atom. The van der Waals surface area contributed by atoms with Gasteiger partial charge in [-0.3, -0.25) is 0 Å². The van der Waals surface area contributed by atoms with Crippen molar-refractivity contribution in [2.24, 2.45) is 0 Å². The van der Waals surface area contributed by atoms with Gasteiger partial charge >= 0.3 is 0 Å². The maximum atomic E-state index is 6.29. The molecule has 0 radical (unpaired) electrons. The first-order chi connectivity index (χ1) is 12.1. The number of aryl methyl sites for hydroxylation is 1. The van der Waals surface area contributed by atoms with E-state index in [9.17, 15) is 0 Å². The Hall–Kier alpha value is -2.56. The molecule has 4 rings (SSSR count). The number of aromatic nitrogens is 3. The van der Waals surface area contributed by atoms with Crippen molar-refractivity contribution in [1.29, 1.82) is 0 Å². The Morgan fingerprint density at radius 2 is 1.84 bits per heavy atom. The van der Waals surface area contributed by atoms with Crippen LogP contribution in [0.15, 0.2) is 65.6 Å². The van der Waals surface area contributed by atoms with E-state index >= 15 is 0 Å². The van der Waals surface area contributed by atoms with E-state index in [1.54, 1.807) is 18.5 Å². The number of hydrogen-bond donors (Lipinski definition) is 0. The highest BCUT2D eigenvalue weighted by molar-refractivity contribution is 6.35. The lowest BCUT2D eigenvalue weighted by Gasteiger charge is -2.05. The fourth-order valence-electron chi connectivity index (χ4n) is 2.74. The number of hydrogen-bond acceptors (Lipinski definition) is 3. The minimum absolute atomic E-state index is 0.557. The van der Waals surface area contributed by atoms with E-state index in [2.05, 4.69) is 10.1 Å². The Morgan fingerprint density at radius 3 is 2.60 bits per heavy atom. The first-order valence-electron chi connectivity index (χ1n) is 7.65. The highest BCUT2D eigenvalue weighted by Gasteiger charge is 2.19. The number of imidazole rings is 1. The van der Waals surface area contributed by atoms with Gasteiger partial charge in [-0.1, -0.05) is 58.7 Å². The van der Waals surface area contributed by atoms with Gasteiger partial charge in [0.1, 0.15) is 11.5 Å². The summed E-state index contributed by atoms with van der Waals surface area (Å²) in [5, 5.41) is 5.36. The molecule has 0 aliphatic heterocycles. The topological polar surface area (TPSA) is 43.9 Å². The van der Waals surface area contributed by atoms with Gasteiger partial charge < -0.3 is 9.09 Å². The van der Waals surface area contributed by atoms with Crippen molar-refractivity contribution in [3.63, 3.8) is 0 Å². The van der Waals surface area contributed by atoms with Crippen LogP contribution in [0, 0.1) is 6.92 Å². The molecule has 25 heavy (non-hydrogen) atoms. The fraction of sp³-hybridized carbons (Fsp3) is 0.0526. The van der Waals surface area contributed by atoms with Crippen LogP contribution in [0.25, 0.3) is 28.2 Å². The number of benzene rings is 2. The van der Waals surface area contributed by atoms with E-state index in [1.165, 1.54) is 0 Å². The monoisotopic (exact) mass is 369 g/mol. The molecule has 0 spiro atoms. The second kappa shape index (κ2) is 6.39. The smallest absolute Gasteiger partial charge is 0.143 e. The molecular weight excluding hydrogens is 357 g/mol. The number of rotatable bonds is 3. The van der Waals surface area contributed by atoms with Crippen LogP contribution in [0.2, 0.25) is 10.0 Å². The summed E-state index contributed by atoms with van der Waals surface area (Å²) < 4.78 is 7.27. The van der Waals surface area contributed by atoms with Gasteiger partial charge in [-0.2, -0.15) is 0 Å². The van der Waals surface area contributed by atoms with Crippen molar-refractivity contribution in [1.82, 2.24) is 14.7 Å². The first-order valence-corrected chi connectivity index (χ1v) is 8.40. The van der Waals surface area contributed by atoms with Crippen molar-refractivity contribution >= 4 is 23.2 Å². The maximum absolute atomic E-state index is 6.29. The van der Waals surface area contributed by atoms with E-state index in [4.69, 9.17) is 27.7 Å². The Balaban J connectivity index is 1.80. The molecule has 0 bridgehead atoms. The SMILES string of the molecule is Cc1onc(-c2ccccc2)c1-c1cn(-c2ccc(Cl)cc2Cl)cn1. The Kier molecular flexibility index (Phi) is 4.07. The van der Waals surface area contributed by atoms with Gasteiger partial charge in [0.25, 0.3) is 0 Å². The molecule has 0 atom stereocenters.